The Bertz CT molecular complexity index is 393. The molecule has 1 aromatic rings. The Morgan fingerprint density at radius 3 is 2.73 bits per heavy atom. The van der Waals surface area contributed by atoms with Crippen LogP contribution in [0.2, 0.25) is 5.02 Å². The van der Waals surface area contributed by atoms with Crippen molar-refractivity contribution in [1.29, 1.82) is 0 Å². The van der Waals surface area contributed by atoms with E-state index >= 15 is 0 Å². The minimum absolute atomic E-state index is 0.0454. The average molecular weight is 231 g/mol. The van der Waals surface area contributed by atoms with Crippen molar-refractivity contribution >= 4 is 23.3 Å². The lowest BCUT2D eigenvalue weighted by Gasteiger charge is -2.11. The summed E-state index contributed by atoms with van der Waals surface area (Å²) in [7, 11) is 0. The molecule has 0 fully saturated rings. The molecule has 1 heterocycles. The van der Waals surface area contributed by atoms with Gasteiger partial charge in [0, 0.05) is 0 Å². The second-order valence-corrected chi connectivity index (χ2v) is 3.57. The molecular formula is C9H11ClN2O3. The van der Waals surface area contributed by atoms with Crippen molar-refractivity contribution in [2.24, 2.45) is 0 Å². The molecule has 0 radical (unpaired) electrons. The standard InChI is InChI=1S/C9H11ClN2O3/c1-4(2)15-8-7(10)5(11)3-6(12-8)9(13)14/h3-4H,1-2H3,(H2,11,12)(H,13,14). The number of carbonyl (C=O) groups is 1. The predicted octanol–water partition coefficient (Wildman–Crippen LogP) is 1.80. The maximum atomic E-state index is 10.7. The third-order valence-corrected chi connectivity index (χ3v) is 1.90. The third-order valence-electron chi connectivity index (χ3n) is 1.52. The highest BCUT2D eigenvalue weighted by Gasteiger charge is 2.15. The summed E-state index contributed by atoms with van der Waals surface area (Å²) in [5, 5.41) is 8.88. The van der Waals surface area contributed by atoms with Gasteiger partial charge in [-0.2, -0.15) is 0 Å². The third kappa shape index (κ3) is 2.73. The smallest absolute Gasteiger partial charge is 0.354 e. The molecule has 0 spiro atoms. The number of carboxylic acid groups (broad SMARTS) is 1. The van der Waals surface area contributed by atoms with E-state index in [0.29, 0.717) is 0 Å². The lowest BCUT2D eigenvalue weighted by molar-refractivity contribution is 0.0688. The molecule has 0 aliphatic rings. The number of hydrogen-bond donors (Lipinski definition) is 2. The zero-order valence-corrected chi connectivity index (χ0v) is 9.08. The average Bonchev–Trinajstić information content (AvgIpc) is 2.11. The Morgan fingerprint density at radius 1 is 1.67 bits per heavy atom. The molecule has 0 atom stereocenters. The van der Waals surface area contributed by atoms with E-state index in [0.717, 1.165) is 0 Å². The number of aromatic carboxylic acids is 1. The maximum Gasteiger partial charge on any atom is 0.354 e. The number of nitrogens with two attached hydrogens (primary N) is 1. The van der Waals surface area contributed by atoms with E-state index in [1.54, 1.807) is 13.8 Å². The monoisotopic (exact) mass is 230 g/mol. The molecule has 0 bridgehead atoms. The van der Waals surface area contributed by atoms with Gasteiger partial charge in [0.2, 0.25) is 5.88 Å². The first-order valence-electron chi connectivity index (χ1n) is 4.27. The SMILES string of the molecule is CC(C)Oc1nc(C(=O)O)cc(N)c1Cl. The molecule has 0 unspecified atom stereocenters. The molecule has 0 aromatic carbocycles. The number of carboxylic acids is 1. The number of aromatic nitrogens is 1. The number of anilines is 1. The van der Waals surface area contributed by atoms with E-state index in [4.69, 9.17) is 27.2 Å². The number of rotatable bonds is 3. The summed E-state index contributed by atoms with van der Waals surface area (Å²) in [5.41, 5.74) is 5.47. The van der Waals surface area contributed by atoms with Gasteiger partial charge in [-0.15, -0.1) is 0 Å². The molecular weight excluding hydrogens is 220 g/mol. The predicted molar refractivity (Wildman–Crippen MR) is 56.4 cm³/mol. The Kier molecular flexibility index (Phi) is 3.36. The van der Waals surface area contributed by atoms with Crippen LogP contribution in [0.3, 0.4) is 0 Å². The molecule has 0 saturated carbocycles. The first kappa shape index (κ1) is 11.6. The van der Waals surface area contributed by atoms with Crippen molar-refractivity contribution in [3.05, 3.63) is 16.8 Å². The second kappa shape index (κ2) is 4.35. The summed E-state index contributed by atoms with van der Waals surface area (Å²) in [4.78, 5) is 14.4. The van der Waals surface area contributed by atoms with Crippen molar-refractivity contribution in [3.63, 3.8) is 0 Å². The van der Waals surface area contributed by atoms with Gasteiger partial charge in [-0.05, 0) is 19.9 Å². The van der Waals surface area contributed by atoms with Crippen LogP contribution >= 0.6 is 11.6 Å². The highest BCUT2D eigenvalue weighted by atomic mass is 35.5. The normalized spacial score (nSPS) is 10.4. The van der Waals surface area contributed by atoms with Gasteiger partial charge in [-0.1, -0.05) is 11.6 Å². The quantitative estimate of drug-likeness (QED) is 0.827. The van der Waals surface area contributed by atoms with Gasteiger partial charge < -0.3 is 15.6 Å². The molecule has 0 amide bonds. The van der Waals surface area contributed by atoms with Crippen molar-refractivity contribution < 1.29 is 14.6 Å². The number of nitrogen functional groups attached to an aromatic ring is 1. The zero-order valence-electron chi connectivity index (χ0n) is 8.32. The van der Waals surface area contributed by atoms with Gasteiger partial charge in [-0.25, -0.2) is 9.78 Å². The number of ether oxygens (including phenoxy) is 1. The molecule has 3 N–H and O–H groups in total. The molecule has 6 heteroatoms. The summed E-state index contributed by atoms with van der Waals surface area (Å²) in [6.07, 6.45) is -0.154. The van der Waals surface area contributed by atoms with Gasteiger partial charge in [-0.3, -0.25) is 0 Å². The van der Waals surface area contributed by atoms with Gasteiger partial charge in [0.1, 0.15) is 5.02 Å². The number of halogens is 1. The molecule has 15 heavy (non-hydrogen) atoms. The number of pyridine rings is 1. The van der Waals surface area contributed by atoms with Crippen molar-refractivity contribution in [2.45, 2.75) is 20.0 Å². The minimum atomic E-state index is -1.17. The van der Waals surface area contributed by atoms with Crippen molar-refractivity contribution in [1.82, 2.24) is 4.98 Å². The van der Waals surface area contributed by atoms with Gasteiger partial charge in [0.25, 0.3) is 0 Å². The summed E-state index contributed by atoms with van der Waals surface area (Å²) in [6, 6.07) is 1.19. The highest BCUT2D eigenvalue weighted by Crippen LogP contribution is 2.29. The Morgan fingerprint density at radius 2 is 2.27 bits per heavy atom. The first-order valence-corrected chi connectivity index (χ1v) is 4.65. The topological polar surface area (TPSA) is 85.4 Å². The second-order valence-electron chi connectivity index (χ2n) is 3.19. The molecule has 82 valence electrons. The van der Waals surface area contributed by atoms with Crippen LogP contribution in [0.5, 0.6) is 5.88 Å². The molecule has 0 saturated heterocycles. The van der Waals surface area contributed by atoms with Crippen LogP contribution in [0, 0.1) is 0 Å². The van der Waals surface area contributed by atoms with E-state index in [9.17, 15) is 4.79 Å². The van der Waals surface area contributed by atoms with Crippen LogP contribution in [-0.4, -0.2) is 22.2 Å². The highest BCUT2D eigenvalue weighted by molar-refractivity contribution is 6.34. The van der Waals surface area contributed by atoms with Gasteiger partial charge >= 0.3 is 5.97 Å². The van der Waals surface area contributed by atoms with Crippen molar-refractivity contribution in [3.8, 4) is 5.88 Å². The van der Waals surface area contributed by atoms with E-state index in [2.05, 4.69) is 4.98 Å². The molecule has 1 aromatic heterocycles. The molecule has 0 aliphatic heterocycles. The fourth-order valence-corrected chi connectivity index (χ4v) is 1.08. The lowest BCUT2D eigenvalue weighted by atomic mass is 10.3. The van der Waals surface area contributed by atoms with Crippen LogP contribution in [0.4, 0.5) is 5.69 Å². The summed E-state index contributed by atoms with van der Waals surface area (Å²) in [5.74, 6) is -1.13. The van der Waals surface area contributed by atoms with E-state index < -0.39 is 5.97 Å². The summed E-state index contributed by atoms with van der Waals surface area (Å²) >= 11 is 5.81. The first-order chi connectivity index (χ1) is 6.91. The number of nitrogens with zero attached hydrogens (tertiary/aromatic N) is 1. The van der Waals surface area contributed by atoms with Crippen LogP contribution in [0.25, 0.3) is 0 Å². The van der Waals surface area contributed by atoms with Crippen LogP contribution in [0.1, 0.15) is 24.3 Å². The fourth-order valence-electron chi connectivity index (χ4n) is 0.936. The Balaban J connectivity index is 3.19. The van der Waals surface area contributed by atoms with E-state index in [1.807, 2.05) is 0 Å². The molecule has 0 aliphatic carbocycles. The minimum Gasteiger partial charge on any atom is -0.477 e. The largest absolute Gasteiger partial charge is 0.477 e. The summed E-state index contributed by atoms with van der Waals surface area (Å²) < 4.78 is 5.23. The Labute approximate surface area is 91.8 Å². The number of hydrogen-bond acceptors (Lipinski definition) is 4. The van der Waals surface area contributed by atoms with Gasteiger partial charge in [0.05, 0.1) is 11.8 Å². The van der Waals surface area contributed by atoms with Crippen LogP contribution < -0.4 is 10.5 Å². The van der Waals surface area contributed by atoms with Gasteiger partial charge in [0.15, 0.2) is 5.69 Å². The fraction of sp³-hybridized carbons (Fsp3) is 0.333. The van der Waals surface area contributed by atoms with Crippen LogP contribution in [-0.2, 0) is 0 Å². The lowest BCUT2D eigenvalue weighted by Crippen LogP contribution is -2.11. The maximum absolute atomic E-state index is 10.7. The zero-order chi connectivity index (χ0) is 11.6. The molecule has 1 rings (SSSR count). The summed E-state index contributed by atoms with van der Waals surface area (Å²) in [6.45, 7) is 3.56. The Hall–Kier alpha value is -1.49. The van der Waals surface area contributed by atoms with Crippen LogP contribution in [0.15, 0.2) is 6.07 Å². The van der Waals surface area contributed by atoms with E-state index in [-0.39, 0.29) is 28.4 Å². The van der Waals surface area contributed by atoms with Crippen molar-refractivity contribution in [2.75, 3.05) is 5.73 Å². The molecule has 5 nitrogen and oxygen atoms in total. The van der Waals surface area contributed by atoms with E-state index in [1.165, 1.54) is 6.07 Å².